The van der Waals surface area contributed by atoms with Crippen LogP contribution in [0.4, 0.5) is 4.79 Å². The van der Waals surface area contributed by atoms with Gasteiger partial charge in [-0.25, -0.2) is 4.79 Å². The Bertz CT molecular complexity index is 1540. The number of aliphatic hydroxyl groups is 2. The molecule has 1 aliphatic rings. The predicted molar refractivity (Wildman–Crippen MR) is 142 cm³/mol. The van der Waals surface area contributed by atoms with Crippen LogP contribution in [0.25, 0.3) is 33.1 Å². The van der Waals surface area contributed by atoms with Crippen molar-refractivity contribution in [2.75, 3.05) is 13.2 Å². The fourth-order valence-corrected chi connectivity index (χ4v) is 5.34. The Balaban J connectivity index is 1.06. The molecule has 1 amide bonds. The number of nitrogens with one attached hydrogen (secondary N) is 1. The summed E-state index contributed by atoms with van der Waals surface area (Å²) < 4.78 is 11.5. The zero-order valence-electron chi connectivity index (χ0n) is 20.1. The zero-order valence-corrected chi connectivity index (χ0v) is 20.1. The molecule has 1 aliphatic carbocycles. The zero-order chi connectivity index (χ0) is 25.4. The number of amides is 1. The van der Waals surface area contributed by atoms with Crippen molar-refractivity contribution in [1.29, 1.82) is 0 Å². The van der Waals surface area contributed by atoms with Gasteiger partial charge in [-0.1, -0.05) is 84.9 Å². The van der Waals surface area contributed by atoms with E-state index >= 15 is 0 Å². The minimum atomic E-state index is -1.16. The van der Waals surface area contributed by atoms with Crippen molar-refractivity contribution in [3.05, 3.63) is 108 Å². The van der Waals surface area contributed by atoms with Crippen molar-refractivity contribution in [3.63, 3.8) is 0 Å². The van der Waals surface area contributed by atoms with Crippen LogP contribution in [0.3, 0.4) is 0 Å². The van der Waals surface area contributed by atoms with Crippen LogP contribution in [-0.4, -0.2) is 35.6 Å². The first-order valence-electron chi connectivity index (χ1n) is 12.5. The molecular weight excluding hydrogens is 466 g/mol. The average Bonchev–Trinajstić information content (AvgIpc) is 3.47. The molecule has 186 valence electrons. The maximum absolute atomic E-state index is 12.4. The SMILES string of the molecule is O=C(NCCC(O)C(O)c1cccc2c1oc1ccccc12)OCC1c2ccccc2-c2ccccc21. The molecule has 0 saturated heterocycles. The maximum atomic E-state index is 12.4. The standard InChI is InChI=1S/C31H27NO5/c33-27(29(34)25-14-7-13-24-23-12-5-6-15-28(23)37-30(24)25)16-17-32-31(35)36-18-26-21-10-3-1-8-19(21)20-9-2-4-11-22(20)26/h1-15,26-27,29,33-34H,16-18H2,(H,32,35). The largest absolute Gasteiger partial charge is 0.456 e. The topological polar surface area (TPSA) is 91.9 Å². The lowest BCUT2D eigenvalue weighted by Gasteiger charge is -2.19. The number of carbonyl (C=O) groups excluding carboxylic acids is 1. The third kappa shape index (κ3) is 4.24. The molecule has 0 radical (unpaired) electrons. The van der Waals surface area contributed by atoms with E-state index < -0.39 is 18.3 Å². The van der Waals surface area contributed by atoms with Gasteiger partial charge in [0.15, 0.2) is 0 Å². The number of carbonyl (C=O) groups is 1. The second kappa shape index (κ2) is 9.73. The third-order valence-electron chi connectivity index (χ3n) is 7.17. The molecule has 0 saturated carbocycles. The summed E-state index contributed by atoms with van der Waals surface area (Å²) in [4.78, 5) is 12.4. The number of benzene rings is 4. The van der Waals surface area contributed by atoms with E-state index in [9.17, 15) is 15.0 Å². The fourth-order valence-electron chi connectivity index (χ4n) is 5.34. The van der Waals surface area contributed by atoms with Gasteiger partial charge in [0, 0.05) is 28.8 Å². The number of rotatable bonds is 7. The van der Waals surface area contributed by atoms with Crippen molar-refractivity contribution in [3.8, 4) is 11.1 Å². The summed E-state index contributed by atoms with van der Waals surface area (Å²) in [5, 5.41) is 26.0. The molecule has 1 heterocycles. The predicted octanol–water partition coefficient (Wildman–Crippen LogP) is 5.91. The molecule has 6 rings (SSSR count). The molecule has 0 spiro atoms. The van der Waals surface area contributed by atoms with Crippen molar-refractivity contribution in [1.82, 2.24) is 5.32 Å². The molecule has 1 aromatic heterocycles. The lowest BCUT2D eigenvalue weighted by Crippen LogP contribution is -2.30. The number of alkyl carbamates (subject to hydrolysis) is 1. The first-order valence-corrected chi connectivity index (χ1v) is 12.5. The average molecular weight is 494 g/mol. The molecule has 0 aliphatic heterocycles. The van der Waals surface area contributed by atoms with E-state index in [1.54, 1.807) is 6.07 Å². The summed E-state index contributed by atoms with van der Waals surface area (Å²) in [5.74, 6) is -0.0186. The van der Waals surface area contributed by atoms with Crippen LogP contribution in [0, 0.1) is 0 Å². The molecular formula is C31H27NO5. The monoisotopic (exact) mass is 493 g/mol. The molecule has 5 aromatic rings. The highest BCUT2D eigenvalue weighted by Crippen LogP contribution is 2.44. The van der Waals surface area contributed by atoms with Gasteiger partial charge < -0.3 is 24.7 Å². The highest BCUT2D eigenvalue weighted by atomic mass is 16.5. The maximum Gasteiger partial charge on any atom is 0.407 e. The van der Waals surface area contributed by atoms with Gasteiger partial charge in [0.25, 0.3) is 0 Å². The minimum absolute atomic E-state index is 0.0186. The molecule has 6 nitrogen and oxygen atoms in total. The van der Waals surface area contributed by atoms with Crippen LogP contribution in [-0.2, 0) is 4.74 Å². The lowest BCUT2D eigenvalue weighted by atomic mass is 9.98. The Hall–Kier alpha value is -4.13. The van der Waals surface area contributed by atoms with Crippen molar-refractivity contribution < 1.29 is 24.2 Å². The second-order valence-corrected chi connectivity index (χ2v) is 9.38. The van der Waals surface area contributed by atoms with E-state index in [2.05, 4.69) is 29.6 Å². The smallest absolute Gasteiger partial charge is 0.407 e. The van der Waals surface area contributed by atoms with Crippen LogP contribution < -0.4 is 5.32 Å². The van der Waals surface area contributed by atoms with Crippen LogP contribution >= 0.6 is 0 Å². The van der Waals surface area contributed by atoms with Crippen molar-refractivity contribution in [2.45, 2.75) is 24.5 Å². The Morgan fingerprint density at radius 3 is 2.24 bits per heavy atom. The third-order valence-corrected chi connectivity index (χ3v) is 7.17. The molecule has 2 atom stereocenters. The van der Waals surface area contributed by atoms with Gasteiger partial charge in [-0.15, -0.1) is 0 Å². The van der Waals surface area contributed by atoms with Gasteiger partial charge in [-0.2, -0.15) is 0 Å². The van der Waals surface area contributed by atoms with Crippen LogP contribution in [0.1, 0.15) is 35.1 Å². The van der Waals surface area contributed by atoms with Crippen LogP contribution in [0.2, 0.25) is 0 Å². The first-order chi connectivity index (χ1) is 18.1. The summed E-state index contributed by atoms with van der Waals surface area (Å²) in [6.07, 6.45) is -2.65. The van der Waals surface area contributed by atoms with Gasteiger partial charge in [0.2, 0.25) is 0 Å². The van der Waals surface area contributed by atoms with E-state index in [0.717, 1.165) is 27.5 Å². The van der Waals surface area contributed by atoms with E-state index in [1.165, 1.54) is 11.1 Å². The van der Waals surface area contributed by atoms with E-state index in [1.807, 2.05) is 60.7 Å². The lowest BCUT2D eigenvalue weighted by molar-refractivity contribution is 0.0140. The molecule has 3 N–H and O–H groups in total. The van der Waals surface area contributed by atoms with E-state index in [-0.39, 0.29) is 25.5 Å². The molecule has 6 heteroatoms. The Morgan fingerprint density at radius 1 is 0.838 bits per heavy atom. The number of hydrogen-bond acceptors (Lipinski definition) is 5. The molecule has 2 unspecified atom stereocenters. The highest BCUT2D eigenvalue weighted by Gasteiger charge is 2.29. The van der Waals surface area contributed by atoms with Crippen molar-refractivity contribution in [2.24, 2.45) is 0 Å². The number of furan rings is 1. The molecule has 0 fully saturated rings. The van der Waals surface area contributed by atoms with Crippen LogP contribution in [0.5, 0.6) is 0 Å². The first kappa shape index (κ1) is 23.3. The van der Waals surface area contributed by atoms with E-state index in [0.29, 0.717) is 11.1 Å². The van der Waals surface area contributed by atoms with Gasteiger partial charge in [0.1, 0.15) is 23.9 Å². The summed E-state index contributed by atoms with van der Waals surface area (Å²) in [7, 11) is 0. The van der Waals surface area contributed by atoms with Gasteiger partial charge in [-0.05, 0) is 34.7 Å². The Kier molecular flexibility index (Phi) is 6.12. The summed E-state index contributed by atoms with van der Waals surface area (Å²) in [5.41, 5.74) is 6.43. The quantitative estimate of drug-likeness (QED) is 0.262. The van der Waals surface area contributed by atoms with Gasteiger partial charge in [0.05, 0.1) is 6.10 Å². The summed E-state index contributed by atoms with van der Waals surface area (Å²) >= 11 is 0. The minimum Gasteiger partial charge on any atom is -0.456 e. The fraction of sp³-hybridized carbons (Fsp3) is 0.194. The normalized spacial score (nSPS) is 14.3. The number of ether oxygens (including phenoxy) is 1. The summed E-state index contributed by atoms with van der Waals surface area (Å²) in [6.45, 7) is 0.379. The Morgan fingerprint density at radius 2 is 1.49 bits per heavy atom. The van der Waals surface area contributed by atoms with Crippen LogP contribution in [0.15, 0.2) is 95.4 Å². The van der Waals surface area contributed by atoms with Crippen molar-refractivity contribution >= 4 is 28.0 Å². The number of aliphatic hydroxyl groups excluding tert-OH is 2. The van der Waals surface area contributed by atoms with Gasteiger partial charge >= 0.3 is 6.09 Å². The number of fused-ring (bicyclic) bond motifs is 6. The van der Waals surface area contributed by atoms with Gasteiger partial charge in [-0.3, -0.25) is 0 Å². The highest BCUT2D eigenvalue weighted by molar-refractivity contribution is 6.05. The molecule has 0 bridgehead atoms. The number of hydrogen-bond donors (Lipinski definition) is 3. The summed E-state index contributed by atoms with van der Waals surface area (Å²) in [6, 6.07) is 29.5. The Labute approximate surface area is 214 Å². The second-order valence-electron chi connectivity index (χ2n) is 9.38. The number of para-hydroxylation sites is 2. The molecule has 37 heavy (non-hydrogen) atoms. The molecule has 4 aromatic carbocycles. The van der Waals surface area contributed by atoms with E-state index in [4.69, 9.17) is 9.15 Å².